The van der Waals surface area contributed by atoms with E-state index in [9.17, 15) is 0 Å². The maximum atomic E-state index is 6.62. The number of hydrogen-bond acceptors (Lipinski definition) is 4. The molecule has 0 radical (unpaired) electrons. The summed E-state index contributed by atoms with van der Waals surface area (Å²) in [7, 11) is -0.423. The van der Waals surface area contributed by atoms with Crippen molar-refractivity contribution in [3.05, 3.63) is 399 Å². The van der Waals surface area contributed by atoms with Gasteiger partial charge in [-0.2, -0.15) is 0 Å². The lowest BCUT2D eigenvalue weighted by molar-refractivity contribution is 0.00578. The van der Waals surface area contributed by atoms with Gasteiger partial charge in [0.25, 0.3) is 0 Å². The van der Waals surface area contributed by atoms with Crippen molar-refractivity contribution in [3.63, 3.8) is 0 Å². The van der Waals surface area contributed by atoms with Gasteiger partial charge in [-0.1, -0.05) is 343 Å². The van der Waals surface area contributed by atoms with Gasteiger partial charge in [0.15, 0.2) is 0 Å². The van der Waals surface area contributed by atoms with Crippen molar-refractivity contribution in [3.8, 4) is 78.3 Å². The van der Waals surface area contributed by atoms with Crippen molar-refractivity contribution in [2.24, 2.45) is 0 Å². The number of benzene rings is 12. The quantitative estimate of drug-likeness (QED) is 0.123. The van der Waals surface area contributed by atoms with Crippen LogP contribution >= 0.6 is 11.6 Å². The number of aromatic nitrogens is 2. The molecule has 0 amide bonds. The van der Waals surface area contributed by atoms with E-state index in [4.69, 9.17) is 25.9 Å². The molecule has 5 aliphatic rings. The predicted molar refractivity (Wildman–Crippen MR) is 424 cm³/mol. The van der Waals surface area contributed by atoms with E-state index in [-0.39, 0.29) is 15.5 Å². The molecule has 2 spiro atoms. The Morgan fingerprint density at radius 2 is 0.563 bits per heavy atom. The molecule has 0 atom stereocenters. The molecule has 4 nitrogen and oxygen atoms in total. The van der Waals surface area contributed by atoms with Crippen molar-refractivity contribution >= 4 is 24.2 Å². The summed E-state index contributed by atoms with van der Waals surface area (Å²) < 4.78 is 13.2. The molecule has 0 bridgehead atoms. The highest BCUT2D eigenvalue weighted by Gasteiger charge is 2.58. The Kier molecular flexibility index (Phi) is 16.6. The van der Waals surface area contributed by atoms with E-state index in [1.807, 2.05) is 54.6 Å². The minimum absolute atomic E-state index is 0. The summed E-state index contributed by atoms with van der Waals surface area (Å²) in [4.78, 5) is 9.79. The average Bonchev–Trinajstić information content (AvgIpc) is 1.38. The van der Waals surface area contributed by atoms with Gasteiger partial charge < -0.3 is 9.31 Å². The highest BCUT2D eigenvalue weighted by Crippen LogP contribution is 2.65. The number of pyridine rings is 2. The molecule has 7 heteroatoms. The van der Waals surface area contributed by atoms with Crippen molar-refractivity contribution in [1.82, 2.24) is 9.97 Å². The van der Waals surface area contributed by atoms with E-state index in [1.54, 1.807) is 0 Å². The van der Waals surface area contributed by atoms with Crippen molar-refractivity contribution < 1.29 is 14.0 Å². The van der Waals surface area contributed by atoms with Crippen molar-refractivity contribution in [2.75, 3.05) is 0 Å². The molecule has 19 rings (SSSR count). The number of hydrogen-bond donors (Lipinski definition) is 0. The van der Waals surface area contributed by atoms with Crippen LogP contribution in [0.2, 0.25) is 5.15 Å². The van der Waals surface area contributed by atoms with Crippen LogP contribution < -0.4 is 5.46 Å². The van der Waals surface area contributed by atoms with Crippen LogP contribution in [-0.4, -0.2) is 28.3 Å². The lowest BCUT2D eigenvalue weighted by Gasteiger charge is -2.46. The molecule has 1 aliphatic heterocycles. The predicted octanol–water partition coefficient (Wildman–Crippen LogP) is 23.3. The molecule has 12 aromatic carbocycles. The molecule has 103 heavy (non-hydrogen) atoms. The zero-order valence-electron chi connectivity index (χ0n) is 59.3. The van der Waals surface area contributed by atoms with Gasteiger partial charge in [-0.15, -0.1) is 0 Å². The molecular formula is C96H79BClFN2O2. The first kappa shape index (κ1) is 66.7. The fourth-order valence-electron chi connectivity index (χ4n) is 17.5. The molecule has 0 saturated carbocycles. The van der Waals surface area contributed by atoms with Gasteiger partial charge in [0, 0.05) is 27.5 Å². The van der Waals surface area contributed by atoms with Crippen LogP contribution in [0.5, 0.6) is 0 Å². The number of nitrogens with zero attached hydrogens (tertiary/aromatic N) is 2. The van der Waals surface area contributed by atoms with Gasteiger partial charge in [0.1, 0.15) is 5.15 Å². The van der Waals surface area contributed by atoms with Gasteiger partial charge in [-0.3, -0.25) is 4.70 Å². The zero-order chi connectivity index (χ0) is 69.8. The average molecular weight is 1360 g/mol. The standard InChI is InChI=1S/C45H33N.C34H33BO2.C17H12ClN.FH/c1-44(2)36-23-11-13-25-38(36)45(39-26-14-12-24-37(39)44)35-22-10-9-20-33(35)43-34(21-15-27-40(43)45)42-29-32(30-16-5-3-6-17-30)28-41(46-42)31-18-7-4-8-19-31;1-31(2)24-16-9-11-18-26(24)34(27-19-12-10-17-25(27)31)23-15-8-7-14-22(23)30-28(34)20-13-21-29(30)35-36-32(3,4)33(5,6)37-35;18-17-12-15(13-7-3-1-4-8-13)11-16(19-17)14-9-5-2-6-10-14;/h3-29H,1-2H3;7-21H,1-6H3;1-12H;1H. The molecule has 3 heterocycles. The van der Waals surface area contributed by atoms with Crippen LogP contribution in [0.1, 0.15) is 122 Å². The van der Waals surface area contributed by atoms with Gasteiger partial charge in [0.05, 0.1) is 39.1 Å². The van der Waals surface area contributed by atoms with E-state index < -0.39 is 29.2 Å². The Labute approximate surface area is 610 Å². The van der Waals surface area contributed by atoms with Gasteiger partial charge in [-0.05, 0) is 169 Å². The summed E-state index contributed by atoms with van der Waals surface area (Å²) >= 11 is 6.14. The summed E-state index contributed by atoms with van der Waals surface area (Å²) in [5.74, 6) is 0. The summed E-state index contributed by atoms with van der Waals surface area (Å²) in [6, 6.07) is 118. The smallest absolute Gasteiger partial charge is 0.399 e. The third-order valence-corrected chi connectivity index (χ3v) is 23.1. The van der Waals surface area contributed by atoms with E-state index in [0.717, 1.165) is 55.9 Å². The molecule has 502 valence electrons. The van der Waals surface area contributed by atoms with Crippen molar-refractivity contribution in [2.45, 2.75) is 88.3 Å². The number of halogens is 2. The van der Waals surface area contributed by atoms with E-state index in [1.165, 1.54) is 94.6 Å². The van der Waals surface area contributed by atoms with Crippen LogP contribution in [0.25, 0.3) is 78.3 Å². The largest absolute Gasteiger partial charge is 0.495 e. The fourth-order valence-corrected chi connectivity index (χ4v) is 17.7. The second kappa shape index (κ2) is 25.6. The Morgan fingerprint density at radius 3 is 0.990 bits per heavy atom. The van der Waals surface area contributed by atoms with E-state index >= 15 is 0 Å². The van der Waals surface area contributed by atoms with Crippen LogP contribution in [0.4, 0.5) is 4.70 Å². The molecule has 14 aromatic rings. The lowest BCUT2D eigenvalue weighted by atomic mass is 9.55. The highest BCUT2D eigenvalue weighted by atomic mass is 35.5. The van der Waals surface area contributed by atoms with E-state index in [2.05, 4.69) is 333 Å². The summed E-state index contributed by atoms with van der Waals surface area (Å²) in [5.41, 5.74) is 31.5. The summed E-state index contributed by atoms with van der Waals surface area (Å²) in [5, 5.41) is 0.514. The van der Waals surface area contributed by atoms with Crippen LogP contribution in [0, 0.1) is 0 Å². The molecule has 0 N–H and O–H groups in total. The monoisotopic (exact) mass is 1360 g/mol. The van der Waals surface area contributed by atoms with E-state index in [0.29, 0.717) is 5.15 Å². The first-order valence-electron chi connectivity index (χ1n) is 35.7. The molecule has 2 aromatic heterocycles. The molecule has 4 aliphatic carbocycles. The topological polar surface area (TPSA) is 44.2 Å². The minimum Gasteiger partial charge on any atom is -0.399 e. The first-order valence-corrected chi connectivity index (χ1v) is 36.0. The third-order valence-electron chi connectivity index (χ3n) is 22.9. The van der Waals surface area contributed by atoms with Gasteiger partial charge in [0.2, 0.25) is 0 Å². The third kappa shape index (κ3) is 10.5. The van der Waals surface area contributed by atoms with Crippen LogP contribution in [0.3, 0.4) is 0 Å². The summed E-state index contributed by atoms with van der Waals surface area (Å²) in [6.45, 7) is 18.0. The Bertz CT molecular complexity index is 5350. The number of rotatable bonds is 6. The zero-order valence-corrected chi connectivity index (χ0v) is 60.0. The van der Waals surface area contributed by atoms with Crippen LogP contribution in [-0.2, 0) is 31.0 Å². The summed E-state index contributed by atoms with van der Waals surface area (Å²) in [6.07, 6.45) is 0. The second-order valence-electron chi connectivity index (χ2n) is 29.8. The molecular weight excluding hydrogens is 1280 g/mol. The molecule has 1 saturated heterocycles. The Balaban J connectivity index is 0.000000128. The SMILES string of the molecule is CC1(C)c2ccccc2C2(c3ccccc3-c3c(-c4cc(-c5ccccc5)cc(-c5ccccc5)n4)cccc32)c2ccccc21.CC1(C)c2ccccc2C2(c3ccccc3-c3c(B4OC(C)(C)C(C)(C)O4)cccc32)c2ccccc21.Clc1cc(-c2ccccc2)cc(-c2ccccc2)n1.F. The Morgan fingerprint density at radius 1 is 0.262 bits per heavy atom. The highest BCUT2D eigenvalue weighted by molar-refractivity contribution is 6.64. The minimum atomic E-state index is -0.427. The van der Waals surface area contributed by atoms with Gasteiger partial charge >= 0.3 is 7.12 Å². The van der Waals surface area contributed by atoms with Gasteiger partial charge in [-0.25, -0.2) is 9.97 Å². The maximum absolute atomic E-state index is 6.62. The van der Waals surface area contributed by atoms with Crippen molar-refractivity contribution in [1.29, 1.82) is 0 Å². The number of fused-ring (bicyclic) bond motifs is 18. The molecule has 0 unspecified atom stereocenters. The fraction of sp³-hybridized carbons (Fsp3) is 0.146. The first-order chi connectivity index (χ1) is 49.5. The Hall–Kier alpha value is -10.9. The lowest BCUT2D eigenvalue weighted by Crippen LogP contribution is -2.41. The second-order valence-corrected chi connectivity index (χ2v) is 30.2. The molecule has 1 fully saturated rings. The van der Waals surface area contributed by atoms with Crippen LogP contribution in [0.15, 0.2) is 328 Å². The normalized spacial score (nSPS) is 15.9. The maximum Gasteiger partial charge on any atom is 0.495 e.